The van der Waals surface area contributed by atoms with Crippen molar-refractivity contribution < 1.29 is 31.1 Å². The van der Waals surface area contributed by atoms with Gasteiger partial charge in [-0.2, -0.15) is 26.3 Å². The van der Waals surface area contributed by atoms with Crippen molar-refractivity contribution in [2.45, 2.75) is 38.3 Å². The van der Waals surface area contributed by atoms with Gasteiger partial charge in [-0.05, 0) is 49.2 Å². The van der Waals surface area contributed by atoms with E-state index in [0.717, 1.165) is 24.3 Å². The predicted octanol–water partition coefficient (Wildman–Crippen LogP) is 5.85. The van der Waals surface area contributed by atoms with Gasteiger partial charge in [0.15, 0.2) is 0 Å². The fourth-order valence-corrected chi connectivity index (χ4v) is 2.57. The van der Waals surface area contributed by atoms with Crippen molar-refractivity contribution in [3.05, 3.63) is 70.8 Å². The van der Waals surface area contributed by atoms with Crippen LogP contribution in [-0.2, 0) is 12.4 Å². The molecule has 2 aromatic carbocycles. The van der Waals surface area contributed by atoms with Crippen LogP contribution in [0.3, 0.4) is 0 Å². The Morgan fingerprint density at radius 1 is 0.750 bits per heavy atom. The van der Waals surface area contributed by atoms with E-state index in [4.69, 9.17) is 0 Å². The zero-order valence-electron chi connectivity index (χ0n) is 14.9. The molecular formula is C19H18F6N2O. The van der Waals surface area contributed by atoms with Crippen LogP contribution in [0.5, 0.6) is 0 Å². The van der Waals surface area contributed by atoms with Crippen LogP contribution < -0.4 is 10.6 Å². The van der Waals surface area contributed by atoms with Crippen molar-refractivity contribution in [3.63, 3.8) is 0 Å². The van der Waals surface area contributed by atoms with Gasteiger partial charge >= 0.3 is 18.4 Å². The molecule has 0 heterocycles. The second-order valence-corrected chi connectivity index (χ2v) is 6.31. The first kappa shape index (κ1) is 21.6. The first-order valence-electron chi connectivity index (χ1n) is 8.29. The van der Waals surface area contributed by atoms with Crippen molar-refractivity contribution in [1.29, 1.82) is 0 Å². The third kappa shape index (κ3) is 5.64. The van der Waals surface area contributed by atoms with Crippen LogP contribution in [0.25, 0.3) is 0 Å². The normalized spacial score (nSPS) is 14.3. The molecule has 0 unspecified atom stereocenters. The van der Waals surface area contributed by atoms with Crippen LogP contribution in [0.15, 0.2) is 48.5 Å². The van der Waals surface area contributed by atoms with E-state index in [2.05, 4.69) is 10.6 Å². The molecule has 0 aliphatic carbocycles. The molecule has 3 nitrogen and oxygen atoms in total. The van der Waals surface area contributed by atoms with E-state index in [-0.39, 0.29) is 11.1 Å². The maximum absolute atomic E-state index is 12.8. The highest BCUT2D eigenvalue weighted by Gasteiger charge is 2.31. The first-order valence-corrected chi connectivity index (χ1v) is 8.29. The van der Waals surface area contributed by atoms with E-state index in [1.807, 2.05) is 0 Å². The summed E-state index contributed by atoms with van der Waals surface area (Å²) in [6.07, 6.45) is -9.01. The average Bonchev–Trinajstić information content (AvgIpc) is 2.60. The van der Waals surface area contributed by atoms with Gasteiger partial charge in [-0.15, -0.1) is 0 Å². The molecule has 2 rings (SSSR count). The highest BCUT2D eigenvalue weighted by molar-refractivity contribution is 5.75. The van der Waals surface area contributed by atoms with E-state index >= 15 is 0 Å². The fourth-order valence-electron chi connectivity index (χ4n) is 2.57. The van der Waals surface area contributed by atoms with Gasteiger partial charge in [0.1, 0.15) is 0 Å². The Labute approximate surface area is 157 Å². The maximum atomic E-state index is 12.8. The first-order chi connectivity index (χ1) is 12.9. The van der Waals surface area contributed by atoms with E-state index in [1.54, 1.807) is 0 Å². The summed E-state index contributed by atoms with van der Waals surface area (Å²) in [5, 5.41) is 4.96. The number of hydrogen-bond donors (Lipinski definition) is 2. The molecule has 0 aromatic heterocycles. The van der Waals surface area contributed by atoms with Gasteiger partial charge in [-0.3, -0.25) is 0 Å². The maximum Gasteiger partial charge on any atom is 0.416 e. The predicted molar refractivity (Wildman–Crippen MR) is 91.4 cm³/mol. The second-order valence-electron chi connectivity index (χ2n) is 6.31. The molecule has 2 amide bonds. The van der Waals surface area contributed by atoms with Crippen LogP contribution in [0.4, 0.5) is 31.1 Å². The zero-order valence-corrected chi connectivity index (χ0v) is 14.9. The fraction of sp³-hybridized carbons (Fsp3) is 0.316. The number of carbonyl (C=O) groups excluding carboxylic acids is 1. The number of amides is 2. The van der Waals surface area contributed by atoms with Crippen LogP contribution in [-0.4, -0.2) is 6.03 Å². The molecule has 2 atom stereocenters. The van der Waals surface area contributed by atoms with Gasteiger partial charge < -0.3 is 10.6 Å². The van der Waals surface area contributed by atoms with Crippen LogP contribution in [0.1, 0.15) is 48.2 Å². The number of rotatable bonds is 4. The topological polar surface area (TPSA) is 41.1 Å². The Bertz CT molecular complexity index is 764. The summed E-state index contributed by atoms with van der Waals surface area (Å²) in [6, 6.07) is 6.87. The molecule has 152 valence electrons. The van der Waals surface area contributed by atoms with Crippen LogP contribution in [0.2, 0.25) is 0 Å². The smallest absolute Gasteiger partial charge is 0.332 e. The molecule has 0 fully saturated rings. The zero-order chi connectivity index (χ0) is 21.1. The minimum absolute atomic E-state index is 0.247. The van der Waals surface area contributed by atoms with Crippen molar-refractivity contribution in [1.82, 2.24) is 10.6 Å². The lowest BCUT2D eigenvalue weighted by atomic mass is 10.0. The van der Waals surface area contributed by atoms with Crippen LogP contribution in [0, 0.1) is 0 Å². The molecule has 0 spiro atoms. The molecule has 0 aliphatic rings. The molecule has 0 saturated heterocycles. The van der Waals surface area contributed by atoms with Gasteiger partial charge in [-0.1, -0.05) is 24.3 Å². The Morgan fingerprint density at radius 3 is 1.43 bits per heavy atom. The van der Waals surface area contributed by atoms with Gasteiger partial charge in [-0.25, -0.2) is 4.79 Å². The molecule has 0 saturated carbocycles. The molecule has 9 heteroatoms. The summed E-state index contributed by atoms with van der Waals surface area (Å²) in [4.78, 5) is 12.1. The number of benzene rings is 2. The van der Waals surface area contributed by atoms with Gasteiger partial charge in [0.2, 0.25) is 0 Å². The molecule has 0 radical (unpaired) electrons. The molecule has 0 aliphatic heterocycles. The monoisotopic (exact) mass is 404 g/mol. The minimum Gasteiger partial charge on any atom is -0.332 e. The van der Waals surface area contributed by atoms with E-state index in [9.17, 15) is 31.1 Å². The quantitative estimate of drug-likeness (QED) is 0.617. The summed E-state index contributed by atoms with van der Waals surface area (Å²) in [5.41, 5.74) is -1.18. The lowest BCUT2D eigenvalue weighted by Gasteiger charge is -2.20. The number of hydrogen-bond acceptors (Lipinski definition) is 1. The van der Waals surface area contributed by atoms with Crippen molar-refractivity contribution in [2.24, 2.45) is 0 Å². The van der Waals surface area contributed by atoms with E-state index in [0.29, 0.717) is 0 Å². The summed E-state index contributed by atoms with van der Waals surface area (Å²) in [6.45, 7) is 3.01. The summed E-state index contributed by atoms with van der Waals surface area (Å²) >= 11 is 0. The third-order valence-corrected chi connectivity index (χ3v) is 4.12. The highest BCUT2D eigenvalue weighted by Crippen LogP contribution is 2.31. The summed E-state index contributed by atoms with van der Waals surface area (Å²) in [7, 11) is 0. The minimum atomic E-state index is -4.50. The van der Waals surface area contributed by atoms with Crippen molar-refractivity contribution in [2.75, 3.05) is 0 Å². The van der Waals surface area contributed by atoms with Crippen molar-refractivity contribution in [3.8, 4) is 0 Å². The number of alkyl halides is 6. The Kier molecular flexibility index (Phi) is 6.26. The van der Waals surface area contributed by atoms with E-state index < -0.39 is 41.6 Å². The number of nitrogens with one attached hydrogen (secondary N) is 2. The van der Waals surface area contributed by atoms with Gasteiger partial charge in [0, 0.05) is 0 Å². The molecule has 2 N–H and O–H groups in total. The second kappa shape index (κ2) is 8.12. The SMILES string of the molecule is C[C@H](NC(=O)N[C@H](C)c1cccc(C(F)(F)F)c1)c1cccc(C(F)(F)F)c1. The van der Waals surface area contributed by atoms with Gasteiger partial charge in [0.25, 0.3) is 0 Å². The van der Waals surface area contributed by atoms with Crippen LogP contribution >= 0.6 is 0 Å². The number of carbonyl (C=O) groups is 1. The Balaban J connectivity index is 2.04. The summed E-state index contributed by atoms with van der Waals surface area (Å²) in [5.74, 6) is 0. The summed E-state index contributed by atoms with van der Waals surface area (Å²) < 4.78 is 76.7. The lowest BCUT2D eigenvalue weighted by molar-refractivity contribution is -0.138. The average molecular weight is 404 g/mol. The standard InChI is InChI=1S/C19H18F6N2O/c1-11(13-5-3-7-15(9-13)18(20,21)22)26-17(28)27-12(2)14-6-4-8-16(10-14)19(23,24)25/h3-12H,1-2H3,(H2,26,27,28)/t11-,12+. The lowest BCUT2D eigenvalue weighted by Crippen LogP contribution is -2.38. The highest BCUT2D eigenvalue weighted by atomic mass is 19.4. The van der Waals surface area contributed by atoms with E-state index in [1.165, 1.54) is 38.1 Å². The molecular weight excluding hydrogens is 386 g/mol. The largest absolute Gasteiger partial charge is 0.416 e. The molecule has 28 heavy (non-hydrogen) atoms. The number of halogens is 6. The van der Waals surface area contributed by atoms with Gasteiger partial charge in [0.05, 0.1) is 23.2 Å². The Hall–Kier alpha value is -2.71. The van der Waals surface area contributed by atoms with Crippen molar-refractivity contribution >= 4 is 6.03 Å². The Morgan fingerprint density at radius 2 is 1.11 bits per heavy atom. The third-order valence-electron chi connectivity index (χ3n) is 4.12. The molecule has 0 bridgehead atoms. The molecule has 2 aromatic rings. The number of urea groups is 1.